The van der Waals surface area contributed by atoms with E-state index in [2.05, 4.69) is 28.8 Å². The second kappa shape index (κ2) is 6.58. The molecule has 1 aromatic heterocycles. The minimum absolute atomic E-state index is 0.708. The van der Waals surface area contributed by atoms with Gasteiger partial charge in [0.25, 0.3) is 0 Å². The number of aryl methyl sites for hydroxylation is 1. The first-order chi connectivity index (χ1) is 12.3. The molecule has 0 aliphatic heterocycles. The van der Waals surface area contributed by atoms with Crippen LogP contribution in [0, 0.1) is 6.92 Å². The molecule has 0 radical (unpaired) electrons. The number of hydrogen-bond acceptors (Lipinski definition) is 1. The van der Waals surface area contributed by atoms with Crippen LogP contribution in [0.4, 0.5) is 0 Å². The standard InChI is InChI=1S/C22H17ClN2/c1-16-24-21(17-10-4-2-5-11-17)22(18-12-6-3-7-13-18)25(16)20-15-9-8-14-19(20)23/h2-15H,1H3. The van der Waals surface area contributed by atoms with E-state index < -0.39 is 0 Å². The van der Waals surface area contributed by atoms with Gasteiger partial charge in [0.2, 0.25) is 0 Å². The maximum Gasteiger partial charge on any atom is 0.111 e. The molecular weight excluding hydrogens is 328 g/mol. The molecule has 4 aromatic rings. The first kappa shape index (κ1) is 15.7. The molecule has 1 heterocycles. The molecule has 0 saturated carbocycles. The van der Waals surface area contributed by atoms with Crippen LogP contribution < -0.4 is 0 Å². The number of halogens is 1. The van der Waals surface area contributed by atoms with E-state index in [1.807, 2.05) is 67.6 Å². The Balaban J connectivity index is 2.06. The van der Waals surface area contributed by atoms with E-state index >= 15 is 0 Å². The molecule has 0 aliphatic carbocycles. The Hall–Kier alpha value is -2.84. The summed E-state index contributed by atoms with van der Waals surface area (Å²) in [5, 5.41) is 0.708. The minimum atomic E-state index is 0.708. The number of nitrogens with zero attached hydrogens (tertiary/aromatic N) is 2. The lowest BCUT2D eigenvalue weighted by Gasteiger charge is -2.13. The first-order valence-electron chi connectivity index (χ1n) is 8.21. The van der Waals surface area contributed by atoms with Gasteiger partial charge in [-0.05, 0) is 19.1 Å². The minimum Gasteiger partial charge on any atom is -0.294 e. The second-order valence-corrected chi connectivity index (χ2v) is 6.28. The van der Waals surface area contributed by atoms with Crippen molar-refractivity contribution in [2.45, 2.75) is 6.92 Å². The highest BCUT2D eigenvalue weighted by Crippen LogP contribution is 2.36. The van der Waals surface area contributed by atoms with Crippen molar-refractivity contribution in [3.63, 3.8) is 0 Å². The van der Waals surface area contributed by atoms with Gasteiger partial charge in [-0.3, -0.25) is 4.57 Å². The van der Waals surface area contributed by atoms with Crippen LogP contribution in [-0.2, 0) is 0 Å². The Labute approximate surface area is 152 Å². The number of imidazole rings is 1. The number of hydrogen-bond donors (Lipinski definition) is 0. The molecule has 0 aliphatic rings. The highest BCUT2D eigenvalue weighted by Gasteiger charge is 2.20. The highest BCUT2D eigenvalue weighted by molar-refractivity contribution is 6.32. The van der Waals surface area contributed by atoms with Gasteiger partial charge in [-0.1, -0.05) is 84.4 Å². The van der Waals surface area contributed by atoms with Gasteiger partial charge in [-0.2, -0.15) is 0 Å². The molecule has 0 N–H and O–H groups in total. The molecule has 0 saturated heterocycles. The van der Waals surface area contributed by atoms with Crippen LogP contribution in [-0.4, -0.2) is 9.55 Å². The van der Waals surface area contributed by atoms with Crippen molar-refractivity contribution in [3.05, 3.63) is 95.8 Å². The average molecular weight is 345 g/mol. The molecule has 0 fully saturated rings. The summed E-state index contributed by atoms with van der Waals surface area (Å²) in [6.45, 7) is 2.02. The zero-order chi connectivity index (χ0) is 17.2. The van der Waals surface area contributed by atoms with Crippen LogP contribution in [0.25, 0.3) is 28.2 Å². The SMILES string of the molecule is Cc1nc(-c2ccccc2)c(-c2ccccc2)n1-c1ccccc1Cl. The van der Waals surface area contributed by atoms with Gasteiger partial charge in [0, 0.05) is 11.1 Å². The fraction of sp³-hybridized carbons (Fsp3) is 0.0455. The molecule has 4 rings (SSSR count). The highest BCUT2D eigenvalue weighted by atomic mass is 35.5. The first-order valence-corrected chi connectivity index (χ1v) is 8.58. The van der Waals surface area contributed by atoms with Gasteiger partial charge < -0.3 is 0 Å². The number of aromatic nitrogens is 2. The van der Waals surface area contributed by atoms with E-state index in [1.54, 1.807) is 0 Å². The summed E-state index contributed by atoms with van der Waals surface area (Å²) in [5.74, 6) is 0.908. The summed E-state index contributed by atoms with van der Waals surface area (Å²) in [6.07, 6.45) is 0. The molecule has 2 nitrogen and oxygen atoms in total. The van der Waals surface area contributed by atoms with Crippen molar-refractivity contribution in [2.24, 2.45) is 0 Å². The fourth-order valence-electron chi connectivity index (χ4n) is 3.12. The van der Waals surface area contributed by atoms with Crippen LogP contribution in [0.15, 0.2) is 84.9 Å². The summed E-state index contributed by atoms with van der Waals surface area (Å²) < 4.78 is 2.14. The third-order valence-corrected chi connectivity index (χ3v) is 4.55. The van der Waals surface area contributed by atoms with E-state index in [-0.39, 0.29) is 0 Å². The third kappa shape index (κ3) is 2.86. The van der Waals surface area contributed by atoms with Crippen LogP contribution in [0.5, 0.6) is 0 Å². The summed E-state index contributed by atoms with van der Waals surface area (Å²) >= 11 is 6.50. The predicted molar refractivity (Wildman–Crippen MR) is 104 cm³/mol. The van der Waals surface area contributed by atoms with E-state index in [0.29, 0.717) is 5.02 Å². The van der Waals surface area contributed by atoms with Crippen LogP contribution >= 0.6 is 11.6 Å². The summed E-state index contributed by atoms with van der Waals surface area (Å²) in [5.41, 5.74) is 5.16. The largest absolute Gasteiger partial charge is 0.294 e. The maximum absolute atomic E-state index is 6.50. The molecule has 0 spiro atoms. The molecule has 0 bridgehead atoms. The quantitative estimate of drug-likeness (QED) is 0.434. The lowest BCUT2D eigenvalue weighted by molar-refractivity contribution is 0.980. The normalized spacial score (nSPS) is 10.8. The van der Waals surface area contributed by atoms with Gasteiger partial charge in [0.05, 0.1) is 22.1 Å². The molecule has 0 atom stereocenters. The Kier molecular flexibility index (Phi) is 4.12. The van der Waals surface area contributed by atoms with Crippen LogP contribution in [0.3, 0.4) is 0 Å². The molecular formula is C22H17ClN2. The van der Waals surface area contributed by atoms with E-state index in [9.17, 15) is 0 Å². The van der Waals surface area contributed by atoms with Crippen molar-refractivity contribution in [3.8, 4) is 28.2 Å². The molecule has 3 aromatic carbocycles. The molecule has 25 heavy (non-hydrogen) atoms. The summed E-state index contributed by atoms with van der Waals surface area (Å²) in [6, 6.07) is 28.5. The number of para-hydroxylation sites is 1. The smallest absolute Gasteiger partial charge is 0.111 e. The van der Waals surface area contributed by atoms with E-state index in [1.165, 1.54) is 0 Å². The van der Waals surface area contributed by atoms with Crippen molar-refractivity contribution in [1.29, 1.82) is 0 Å². The topological polar surface area (TPSA) is 17.8 Å². The monoisotopic (exact) mass is 344 g/mol. The lowest BCUT2D eigenvalue weighted by Crippen LogP contribution is -2.00. The molecule has 0 amide bonds. The van der Waals surface area contributed by atoms with E-state index in [4.69, 9.17) is 16.6 Å². The Morgan fingerprint density at radius 1 is 0.720 bits per heavy atom. The maximum atomic E-state index is 6.50. The van der Waals surface area contributed by atoms with Crippen molar-refractivity contribution in [1.82, 2.24) is 9.55 Å². The van der Waals surface area contributed by atoms with Crippen molar-refractivity contribution in [2.75, 3.05) is 0 Å². The average Bonchev–Trinajstić information content (AvgIpc) is 3.01. The Bertz CT molecular complexity index is 1000. The Morgan fingerprint density at radius 2 is 1.28 bits per heavy atom. The van der Waals surface area contributed by atoms with Crippen molar-refractivity contribution >= 4 is 11.6 Å². The Morgan fingerprint density at radius 3 is 1.92 bits per heavy atom. The third-order valence-electron chi connectivity index (χ3n) is 4.23. The lowest BCUT2D eigenvalue weighted by atomic mass is 10.0. The number of benzene rings is 3. The fourth-order valence-corrected chi connectivity index (χ4v) is 3.34. The second-order valence-electron chi connectivity index (χ2n) is 5.88. The van der Waals surface area contributed by atoms with Crippen molar-refractivity contribution < 1.29 is 0 Å². The molecule has 122 valence electrons. The van der Waals surface area contributed by atoms with Gasteiger partial charge in [-0.25, -0.2) is 4.98 Å². The number of rotatable bonds is 3. The van der Waals surface area contributed by atoms with Crippen LogP contribution in [0.1, 0.15) is 5.82 Å². The zero-order valence-electron chi connectivity index (χ0n) is 13.9. The summed E-state index contributed by atoms with van der Waals surface area (Å²) in [7, 11) is 0. The molecule has 3 heteroatoms. The predicted octanol–water partition coefficient (Wildman–Crippen LogP) is 6.17. The van der Waals surface area contributed by atoms with Crippen LogP contribution in [0.2, 0.25) is 5.02 Å². The zero-order valence-corrected chi connectivity index (χ0v) is 14.6. The summed E-state index contributed by atoms with van der Waals surface area (Å²) in [4.78, 5) is 4.88. The van der Waals surface area contributed by atoms with Gasteiger partial charge in [0.15, 0.2) is 0 Å². The van der Waals surface area contributed by atoms with Gasteiger partial charge in [-0.15, -0.1) is 0 Å². The van der Waals surface area contributed by atoms with Gasteiger partial charge in [0.1, 0.15) is 5.82 Å². The van der Waals surface area contributed by atoms with E-state index in [0.717, 1.165) is 34.0 Å². The van der Waals surface area contributed by atoms with Gasteiger partial charge >= 0.3 is 0 Å². The molecule has 0 unspecified atom stereocenters.